The highest BCUT2D eigenvalue weighted by molar-refractivity contribution is 5.99. The first-order valence-electron chi connectivity index (χ1n) is 6.73. The van der Waals surface area contributed by atoms with E-state index in [1.165, 1.54) is 0 Å². The van der Waals surface area contributed by atoms with Gasteiger partial charge in [-0.1, -0.05) is 18.2 Å². The van der Waals surface area contributed by atoms with Crippen molar-refractivity contribution >= 4 is 21.8 Å². The third kappa shape index (κ3) is 1.72. The van der Waals surface area contributed by atoms with Crippen molar-refractivity contribution in [3.8, 4) is 22.9 Å². The lowest BCUT2D eigenvalue weighted by Gasteiger charge is -2.10. The minimum Gasteiger partial charge on any atom is -0.493 e. The molecular formula is C17H14N2O2. The lowest BCUT2D eigenvalue weighted by molar-refractivity contribution is 0.356. The molecule has 4 rings (SSSR count). The maximum atomic E-state index is 5.36. The summed E-state index contributed by atoms with van der Waals surface area (Å²) in [4.78, 5) is 8.12. The second kappa shape index (κ2) is 4.38. The number of hydrogen-bond acceptors (Lipinski definition) is 3. The van der Waals surface area contributed by atoms with Crippen LogP contribution in [0.25, 0.3) is 33.2 Å². The van der Waals surface area contributed by atoms with Gasteiger partial charge < -0.3 is 14.5 Å². The van der Waals surface area contributed by atoms with E-state index in [2.05, 4.69) is 22.1 Å². The monoisotopic (exact) mass is 278 g/mol. The molecule has 21 heavy (non-hydrogen) atoms. The summed E-state index contributed by atoms with van der Waals surface area (Å²) in [6.07, 6.45) is 0. The van der Waals surface area contributed by atoms with Crippen molar-refractivity contribution in [3.05, 3.63) is 42.5 Å². The summed E-state index contributed by atoms with van der Waals surface area (Å²) in [6, 6.07) is 14.1. The van der Waals surface area contributed by atoms with Crippen LogP contribution in [-0.4, -0.2) is 24.2 Å². The molecular weight excluding hydrogens is 264 g/mol. The number of H-pyrrole nitrogens is 1. The summed E-state index contributed by atoms with van der Waals surface area (Å²) in [5.41, 5.74) is 4.00. The maximum absolute atomic E-state index is 5.36. The van der Waals surface area contributed by atoms with Crippen molar-refractivity contribution in [2.24, 2.45) is 0 Å². The Kier molecular flexibility index (Phi) is 2.51. The molecule has 0 spiro atoms. The Balaban J connectivity index is 2.10. The molecule has 0 saturated heterocycles. The largest absolute Gasteiger partial charge is 0.493 e. The van der Waals surface area contributed by atoms with E-state index in [9.17, 15) is 0 Å². The van der Waals surface area contributed by atoms with Gasteiger partial charge >= 0.3 is 0 Å². The fourth-order valence-electron chi connectivity index (χ4n) is 2.75. The van der Waals surface area contributed by atoms with E-state index in [0.29, 0.717) is 11.5 Å². The molecule has 2 aromatic rings. The molecule has 4 nitrogen and oxygen atoms in total. The summed E-state index contributed by atoms with van der Waals surface area (Å²) in [7, 11) is 3.28. The number of nitrogens with one attached hydrogen (secondary N) is 1. The summed E-state index contributed by atoms with van der Waals surface area (Å²) in [6.45, 7) is 0. The number of benzene rings is 2. The van der Waals surface area contributed by atoms with Crippen LogP contribution in [0.2, 0.25) is 0 Å². The maximum Gasteiger partial charge on any atom is 0.162 e. The first-order valence-corrected chi connectivity index (χ1v) is 6.73. The summed E-state index contributed by atoms with van der Waals surface area (Å²) < 4.78 is 10.7. The second-order valence-electron chi connectivity index (χ2n) is 4.95. The van der Waals surface area contributed by atoms with Crippen molar-refractivity contribution in [2.75, 3.05) is 14.2 Å². The first kappa shape index (κ1) is 12.0. The number of fused-ring (bicyclic) bond motifs is 4. The van der Waals surface area contributed by atoms with E-state index in [1.807, 2.05) is 30.3 Å². The highest BCUT2D eigenvalue weighted by atomic mass is 16.5. The average Bonchev–Trinajstić information content (AvgIpc) is 2.88. The number of aromatic nitrogens is 2. The van der Waals surface area contributed by atoms with Gasteiger partial charge in [-0.2, -0.15) is 0 Å². The topological polar surface area (TPSA) is 47.1 Å². The fraction of sp³-hybridized carbons (Fsp3) is 0.118. The van der Waals surface area contributed by atoms with Crippen LogP contribution in [0.3, 0.4) is 0 Å². The number of rotatable bonds is 2. The van der Waals surface area contributed by atoms with Crippen LogP contribution < -0.4 is 9.47 Å². The molecule has 2 aliphatic rings. The predicted molar refractivity (Wildman–Crippen MR) is 83.3 cm³/mol. The Morgan fingerprint density at radius 3 is 2.52 bits per heavy atom. The van der Waals surface area contributed by atoms with Crippen molar-refractivity contribution < 1.29 is 9.47 Å². The van der Waals surface area contributed by atoms with Crippen molar-refractivity contribution in [1.29, 1.82) is 0 Å². The highest BCUT2D eigenvalue weighted by Gasteiger charge is 2.14. The summed E-state index contributed by atoms with van der Waals surface area (Å²) in [5, 5.41) is 2.17. The van der Waals surface area contributed by atoms with Crippen molar-refractivity contribution in [3.63, 3.8) is 0 Å². The zero-order valence-electron chi connectivity index (χ0n) is 11.8. The smallest absolute Gasteiger partial charge is 0.162 e. The molecule has 2 aromatic carbocycles. The quantitative estimate of drug-likeness (QED) is 0.606. The van der Waals surface area contributed by atoms with Gasteiger partial charge in [-0.25, -0.2) is 4.98 Å². The van der Waals surface area contributed by atoms with E-state index in [4.69, 9.17) is 9.47 Å². The van der Waals surface area contributed by atoms with E-state index < -0.39 is 0 Å². The van der Waals surface area contributed by atoms with Crippen LogP contribution in [0.1, 0.15) is 0 Å². The van der Waals surface area contributed by atoms with Crippen LogP contribution in [0.15, 0.2) is 42.5 Å². The van der Waals surface area contributed by atoms with Gasteiger partial charge in [0.05, 0.1) is 31.1 Å². The lowest BCUT2D eigenvalue weighted by atomic mass is 10.1. The summed E-state index contributed by atoms with van der Waals surface area (Å²) in [5.74, 6) is 1.43. The van der Waals surface area contributed by atoms with Gasteiger partial charge in [0.15, 0.2) is 11.5 Å². The molecule has 0 radical (unpaired) electrons. The van der Waals surface area contributed by atoms with Crippen LogP contribution in [-0.2, 0) is 0 Å². The molecule has 104 valence electrons. The van der Waals surface area contributed by atoms with Gasteiger partial charge in [-0.15, -0.1) is 0 Å². The molecule has 0 saturated carbocycles. The van der Waals surface area contributed by atoms with Gasteiger partial charge in [0.2, 0.25) is 0 Å². The number of ether oxygens (including phenoxy) is 2. The molecule has 0 fully saturated rings. The number of methoxy groups -OCH3 is 2. The highest BCUT2D eigenvalue weighted by Crippen LogP contribution is 2.36. The Morgan fingerprint density at radius 2 is 1.71 bits per heavy atom. The molecule has 2 heterocycles. The molecule has 0 bridgehead atoms. The lowest BCUT2D eigenvalue weighted by Crippen LogP contribution is -1.92. The number of pyridine rings is 1. The molecule has 0 aliphatic carbocycles. The molecule has 0 unspecified atom stereocenters. The second-order valence-corrected chi connectivity index (χ2v) is 4.95. The normalized spacial score (nSPS) is 11.3. The minimum atomic E-state index is 0.712. The summed E-state index contributed by atoms with van der Waals surface area (Å²) >= 11 is 0. The standard InChI is InChI=1S/C17H14N2O2/c1-20-15-8-10-7-14-17(19-13(10)9-16(15)21-2)11-5-3-4-6-12(11)18-14/h3-9,19H,1-2H3. The number of nitrogens with zero attached hydrogens (tertiary/aromatic N) is 1. The first-order chi connectivity index (χ1) is 10.3. The van der Waals surface area contributed by atoms with Gasteiger partial charge in [-0.05, 0) is 18.2 Å². The predicted octanol–water partition coefficient (Wildman–Crippen LogP) is 3.84. The fourth-order valence-corrected chi connectivity index (χ4v) is 2.75. The molecule has 0 amide bonds. The number of hydrogen-bond donors (Lipinski definition) is 1. The van der Waals surface area contributed by atoms with E-state index >= 15 is 0 Å². The Bertz CT molecular complexity index is 927. The molecule has 1 N–H and O–H groups in total. The third-order valence-corrected chi connectivity index (χ3v) is 3.78. The van der Waals surface area contributed by atoms with Crippen LogP contribution >= 0.6 is 0 Å². The Labute approximate surface area is 121 Å². The number of para-hydroxylation sites is 1. The SMILES string of the molecule is COc1cc2cc3nc4ccccc4c-3[nH]c2cc1OC. The van der Waals surface area contributed by atoms with Gasteiger partial charge in [0.1, 0.15) is 0 Å². The Morgan fingerprint density at radius 1 is 0.952 bits per heavy atom. The average molecular weight is 278 g/mol. The number of aromatic amines is 1. The van der Waals surface area contributed by atoms with Crippen LogP contribution in [0.4, 0.5) is 0 Å². The molecule has 0 aromatic heterocycles. The van der Waals surface area contributed by atoms with Gasteiger partial charge in [0.25, 0.3) is 0 Å². The Hall–Kier alpha value is -2.75. The van der Waals surface area contributed by atoms with Crippen molar-refractivity contribution in [2.45, 2.75) is 0 Å². The molecule has 4 heteroatoms. The van der Waals surface area contributed by atoms with Gasteiger partial charge in [-0.3, -0.25) is 0 Å². The third-order valence-electron chi connectivity index (χ3n) is 3.78. The molecule has 0 atom stereocenters. The van der Waals surface area contributed by atoms with E-state index in [-0.39, 0.29) is 0 Å². The van der Waals surface area contributed by atoms with Gasteiger partial charge in [0, 0.05) is 22.4 Å². The van der Waals surface area contributed by atoms with E-state index in [0.717, 1.165) is 33.2 Å². The zero-order chi connectivity index (χ0) is 14.4. The zero-order valence-corrected chi connectivity index (χ0v) is 11.8. The van der Waals surface area contributed by atoms with Crippen LogP contribution in [0, 0.1) is 0 Å². The van der Waals surface area contributed by atoms with E-state index in [1.54, 1.807) is 14.2 Å². The van der Waals surface area contributed by atoms with Crippen molar-refractivity contribution in [1.82, 2.24) is 9.97 Å². The minimum absolute atomic E-state index is 0.712. The van der Waals surface area contributed by atoms with Crippen LogP contribution in [0.5, 0.6) is 11.5 Å². The molecule has 2 aliphatic heterocycles.